The fourth-order valence-corrected chi connectivity index (χ4v) is 2.30. The number of hydrogen-bond donors (Lipinski definition) is 1. The van der Waals surface area contributed by atoms with Crippen molar-refractivity contribution in [1.29, 1.82) is 0 Å². The molecule has 0 aromatic heterocycles. The van der Waals surface area contributed by atoms with Crippen molar-refractivity contribution in [2.24, 2.45) is 11.7 Å². The van der Waals surface area contributed by atoms with Crippen molar-refractivity contribution in [3.05, 3.63) is 29.3 Å². The summed E-state index contributed by atoms with van der Waals surface area (Å²) in [5, 5.41) is 0. The first-order valence-electron chi connectivity index (χ1n) is 7.76. The SMILES string of the molecule is COc1ccc([C@H](C)[C@H](C)OC[C@@](N)(C=O)C(C)C)c(C)c1. The van der Waals surface area contributed by atoms with E-state index in [4.69, 9.17) is 15.2 Å². The zero-order chi connectivity index (χ0) is 16.9. The highest BCUT2D eigenvalue weighted by Gasteiger charge is 2.30. The van der Waals surface area contributed by atoms with Gasteiger partial charge in [0, 0.05) is 5.92 Å². The molecule has 0 aliphatic rings. The fourth-order valence-electron chi connectivity index (χ4n) is 2.30. The van der Waals surface area contributed by atoms with Crippen molar-refractivity contribution in [3.8, 4) is 5.75 Å². The minimum atomic E-state index is -0.928. The standard InChI is InChI=1S/C18H29NO3/c1-12(2)18(19,10-20)11-22-15(5)14(4)17-8-7-16(21-6)9-13(17)3/h7-10,12,14-15H,11,19H2,1-6H3/t14-,15+,18+/m1/s1. The number of benzene rings is 1. The molecule has 4 nitrogen and oxygen atoms in total. The summed E-state index contributed by atoms with van der Waals surface area (Å²) in [6.45, 7) is 10.3. The van der Waals surface area contributed by atoms with Gasteiger partial charge in [0.2, 0.25) is 0 Å². The molecule has 124 valence electrons. The van der Waals surface area contributed by atoms with Crippen LogP contribution in [0.4, 0.5) is 0 Å². The van der Waals surface area contributed by atoms with Crippen LogP contribution in [0, 0.1) is 12.8 Å². The van der Waals surface area contributed by atoms with E-state index < -0.39 is 5.54 Å². The van der Waals surface area contributed by atoms with Gasteiger partial charge in [-0.05, 0) is 43.0 Å². The van der Waals surface area contributed by atoms with Gasteiger partial charge in [-0.15, -0.1) is 0 Å². The smallest absolute Gasteiger partial charge is 0.142 e. The summed E-state index contributed by atoms with van der Waals surface area (Å²) in [6, 6.07) is 6.04. The molecule has 0 saturated carbocycles. The molecule has 4 heteroatoms. The largest absolute Gasteiger partial charge is 0.497 e. The Kier molecular flexibility index (Phi) is 6.57. The molecule has 0 unspecified atom stereocenters. The summed E-state index contributed by atoms with van der Waals surface area (Å²) < 4.78 is 11.1. The highest BCUT2D eigenvalue weighted by molar-refractivity contribution is 5.64. The van der Waals surface area contributed by atoms with Gasteiger partial charge in [-0.25, -0.2) is 0 Å². The Morgan fingerprint density at radius 1 is 1.27 bits per heavy atom. The maximum Gasteiger partial charge on any atom is 0.142 e. The van der Waals surface area contributed by atoms with E-state index in [1.807, 2.05) is 32.9 Å². The molecule has 0 amide bonds. The fraction of sp³-hybridized carbons (Fsp3) is 0.611. The van der Waals surface area contributed by atoms with Crippen LogP contribution in [-0.2, 0) is 9.53 Å². The number of carbonyl (C=O) groups is 1. The Morgan fingerprint density at radius 3 is 2.36 bits per heavy atom. The van der Waals surface area contributed by atoms with Gasteiger partial charge in [0.15, 0.2) is 0 Å². The normalized spacial score (nSPS) is 16.9. The number of hydrogen-bond acceptors (Lipinski definition) is 4. The third-order valence-corrected chi connectivity index (χ3v) is 4.56. The van der Waals surface area contributed by atoms with Crippen LogP contribution >= 0.6 is 0 Å². The molecule has 0 spiro atoms. The first-order chi connectivity index (χ1) is 10.2. The maximum atomic E-state index is 11.2. The Balaban J connectivity index is 2.77. The molecule has 0 heterocycles. The number of carbonyl (C=O) groups excluding carboxylic acids is 1. The Labute approximate surface area is 134 Å². The van der Waals surface area contributed by atoms with Crippen molar-refractivity contribution < 1.29 is 14.3 Å². The number of aryl methyl sites for hydroxylation is 1. The Bertz CT molecular complexity index is 501. The van der Waals surface area contributed by atoms with E-state index in [1.54, 1.807) is 7.11 Å². The molecule has 0 aliphatic carbocycles. The van der Waals surface area contributed by atoms with Gasteiger partial charge in [0.1, 0.15) is 12.0 Å². The number of ether oxygens (including phenoxy) is 2. The maximum absolute atomic E-state index is 11.2. The molecule has 1 aromatic rings. The number of rotatable bonds is 8. The third kappa shape index (κ3) is 4.31. The van der Waals surface area contributed by atoms with E-state index in [9.17, 15) is 4.79 Å². The molecule has 0 bridgehead atoms. The predicted octanol–water partition coefficient (Wildman–Crippen LogP) is 3.06. The lowest BCUT2D eigenvalue weighted by Crippen LogP contribution is -2.51. The third-order valence-electron chi connectivity index (χ3n) is 4.56. The van der Waals surface area contributed by atoms with Crippen LogP contribution < -0.4 is 10.5 Å². The van der Waals surface area contributed by atoms with Crippen LogP contribution in [0.15, 0.2) is 18.2 Å². The molecule has 22 heavy (non-hydrogen) atoms. The van der Waals surface area contributed by atoms with Crippen LogP contribution in [0.5, 0.6) is 5.75 Å². The van der Waals surface area contributed by atoms with E-state index in [0.717, 1.165) is 12.0 Å². The molecule has 1 aromatic carbocycles. The summed E-state index contributed by atoms with van der Waals surface area (Å²) in [7, 11) is 1.66. The van der Waals surface area contributed by atoms with Crippen LogP contribution in [-0.4, -0.2) is 31.6 Å². The van der Waals surface area contributed by atoms with Gasteiger partial charge in [0.05, 0.1) is 25.4 Å². The quantitative estimate of drug-likeness (QED) is 0.750. The molecule has 2 N–H and O–H groups in total. The zero-order valence-corrected chi connectivity index (χ0v) is 14.6. The minimum absolute atomic E-state index is 0.0336. The van der Waals surface area contributed by atoms with Crippen LogP contribution in [0.25, 0.3) is 0 Å². The summed E-state index contributed by atoms with van der Waals surface area (Å²) in [4.78, 5) is 11.2. The summed E-state index contributed by atoms with van der Waals surface area (Å²) in [6.07, 6.45) is 0.766. The van der Waals surface area contributed by atoms with E-state index in [2.05, 4.69) is 19.9 Å². The number of nitrogens with two attached hydrogens (primary N) is 1. The number of aldehydes is 1. The molecule has 0 aliphatic heterocycles. The zero-order valence-electron chi connectivity index (χ0n) is 14.6. The topological polar surface area (TPSA) is 61.6 Å². The molecular weight excluding hydrogens is 278 g/mol. The summed E-state index contributed by atoms with van der Waals surface area (Å²) in [5.41, 5.74) is 7.54. The van der Waals surface area contributed by atoms with Gasteiger partial charge >= 0.3 is 0 Å². The monoisotopic (exact) mass is 307 g/mol. The lowest BCUT2D eigenvalue weighted by atomic mass is 9.89. The summed E-state index contributed by atoms with van der Waals surface area (Å²) >= 11 is 0. The van der Waals surface area contributed by atoms with Crippen molar-refractivity contribution >= 4 is 6.29 Å². The lowest BCUT2D eigenvalue weighted by Gasteiger charge is -2.30. The second kappa shape index (κ2) is 7.75. The van der Waals surface area contributed by atoms with Crippen LogP contribution in [0.1, 0.15) is 44.7 Å². The molecule has 0 fully saturated rings. The predicted molar refractivity (Wildman–Crippen MR) is 89.4 cm³/mol. The van der Waals surface area contributed by atoms with Crippen molar-refractivity contribution in [1.82, 2.24) is 0 Å². The highest BCUT2D eigenvalue weighted by Crippen LogP contribution is 2.28. The lowest BCUT2D eigenvalue weighted by molar-refractivity contribution is -0.117. The Morgan fingerprint density at radius 2 is 1.91 bits per heavy atom. The summed E-state index contributed by atoms with van der Waals surface area (Å²) in [5.74, 6) is 1.09. The van der Waals surface area contributed by atoms with Crippen LogP contribution in [0.2, 0.25) is 0 Å². The van der Waals surface area contributed by atoms with Gasteiger partial charge in [-0.1, -0.05) is 26.8 Å². The molecular formula is C18H29NO3. The van der Waals surface area contributed by atoms with Gasteiger partial charge < -0.3 is 20.0 Å². The molecule has 3 atom stereocenters. The molecule has 0 radical (unpaired) electrons. The Hall–Kier alpha value is -1.39. The molecule has 0 saturated heterocycles. The van der Waals surface area contributed by atoms with Gasteiger partial charge in [-0.3, -0.25) is 0 Å². The minimum Gasteiger partial charge on any atom is -0.497 e. The average Bonchev–Trinajstić information content (AvgIpc) is 2.51. The van der Waals surface area contributed by atoms with E-state index >= 15 is 0 Å². The first kappa shape index (κ1) is 18.7. The second-order valence-corrected chi connectivity index (χ2v) is 6.41. The number of methoxy groups -OCH3 is 1. The van der Waals surface area contributed by atoms with Crippen molar-refractivity contribution in [2.45, 2.75) is 52.2 Å². The van der Waals surface area contributed by atoms with E-state index in [1.165, 1.54) is 11.1 Å². The van der Waals surface area contributed by atoms with E-state index in [-0.39, 0.29) is 24.5 Å². The first-order valence-corrected chi connectivity index (χ1v) is 7.76. The van der Waals surface area contributed by atoms with E-state index in [0.29, 0.717) is 0 Å². The average molecular weight is 307 g/mol. The van der Waals surface area contributed by atoms with Crippen molar-refractivity contribution in [3.63, 3.8) is 0 Å². The van der Waals surface area contributed by atoms with Crippen molar-refractivity contribution in [2.75, 3.05) is 13.7 Å². The van der Waals surface area contributed by atoms with Gasteiger partial charge in [-0.2, -0.15) is 0 Å². The molecule has 1 rings (SSSR count). The second-order valence-electron chi connectivity index (χ2n) is 6.41. The highest BCUT2D eigenvalue weighted by atomic mass is 16.5. The van der Waals surface area contributed by atoms with Gasteiger partial charge in [0.25, 0.3) is 0 Å². The van der Waals surface area contributed by atoms with Crippen LogP contribution in [0.3, 0.4) is 0 Å².